The third-order valence-corrected chi connectivity index (χ3v) is 6.87. The Morgan fingerprint density at radius 1 is 0.391 bits per heavy atom. The van der Waals surface area contributed by atoms with Crippen LogP contribution in [-0.4, -0.2) is 88.4 Å². The molecule has 20 nitrogen and oxygen atoms in total. The van der Waals surface area contributed by atoms with Crippen LogP contribution >= 0.6 is 0 Å². The van der Waals surface area contributed by atoms with Crippen LogP contribution in [0.15, 0.2) is 92.8 Å². The summed E-state index contributed by atoms with van der Waals surface area (Å²) >= 11 is 0. The molecule has 0 unspecified atom stereocenters. The quantitative estimate of drug-likeness (QED) is 0.0598. The molecule has 0 saturated heterocycles. The van der Waals surface area contributed by atoms with Gasteiger partial charge in [0.15, 0.2) is 0 Å². The Bertz CT molecular complexity index is 1830. The van der Waals surface area contributed by atoms with Gasteiger partial charge in [-0.15, -0.1) is 0 Å². The molecule has 0 aliphatic carbocycles. The number of para-hydroxylation sites is 4. The third-order valence-electron chi connectivity index (χ3n) is 6.87. The largest absolute Gasteiger partial charge is 3.00 e. The van der Waals surface area contributed by atoms with Gasteiger partial charge in [0, 0.05) is 41.9 Å². The molecule has 0 atom stereocenters. The molecule has 2 radical (unpaired) electrons. The molecule has 0 heterocycles. The van der Waals surface area contributed by atoms with Crippen molar-refractivity contribution >= 4 is 24.9 Å². The maximum absolute atomic E-state index is 12.1. The van der Waals surface area contributed by atoms with Crippen LogP contribution in [0.2, 0.25) is 0 Å². The minimum atomic E-state index is -0.176. The van der Waals surface area contributed by atoms with E-state index < -0.39 is 0 Å². The molecule has 4 rings (SSSR count). The SMILES string of the molecule is CCOc1cccc(C=NCCN=Cc2cccc(OCC)c2[O-])c1[O-].CCOc1cccc(C=NCCN=Cc2cccc(OCC)c2[O-])c1[O-].O.O.[C-]#N.[C-]#N.[C-]#N.[C-]#N.[C-]#N.[C-]#N.[Fe+3].[Mn+3].[Mn]. The van der Waals surface area contributed by atoms with Crippen LogP contribution in [0.4, 0.5) is 0 Å². The molecule has 4 aromatic carbocycles. The zero-order valence-corrected chi connectivity index (χ0v) is 41.2. The van der Waals surface area contributed by atoms with Gasteiger partial charge in [0.2, 0.25) is 0 Å². The number of aliphatic imine (C=N–C) groups is 4. The molecule has 23 heteroatoms. The van der Waals surface area contributed by atoms with E-state index in [1.54, 1.807) is 72.8 Å². The van der Waals surface area contributed by atoms with E-state index in [1.165, 1.54) is 24.9 Å². The van der Waals surface area contributed by atoms with Crippen molar-refractivity contribution in [1.29, 1.82) is 31.6 Å². The Morgan fingerprint density at radius 2 is 0.551 bits per heavy atom. The summed E-state index contributed by atoms with van der Waals surface area (Å²) in [6.07, 6.45) is 6.09. The normalized spacial score (nSPS) is 8.70. The molecule has 4 aromatic rings. The van der Waals surface area contributed by atoms with Crippen molar-refractivity contribution in [2.24, 2.45) is 20.0 Å². The van der Waals surface area contributed by atoms with E-state index >= 15 is 0 Å². The van der Waals surface area contributed by atoms with E-state index in [4.69, 9.17) is 90.0 Å². The molecule has 4 N–H and O–H groups in total. The molecular formula is C46H48FeMn2N10O10-4. The average molecular weight is 1070 g/mol. The van der Waals surface area contributed by atoms with Crippen LogP contribution < -0.4 is 39.4 Å². The standard InChI is InChI=1S/2C20H24N2O4.6CN.Fe.2Mn.2H2O/c2*1-3-25-17-9-5-7-15(19(17)23)13-21-11-12-22-14-16-8-6-10-18(20(16)24)26-4-2;6*1-2;;;;;/h2*5-10,13-14,23-24H,3-4,11-12H2,1-2H3;;;;;;;;;;2*1H2/q;;6*-1;+3;;+3;;/p-4. The molecule has 69 heavy (non-hydrogen) atoms. The Balaban J connectivity index is -0.000000115. The van der Waals surface area contributed by atoms with Gasteiger partial charge in [0.25, 0.3) is 0 Å². The monoisotopic (exact) mass is 1070 g/mol. The molecule has 368 valence electrons. The molecule has 0 bridgehead atoms. The summed E-state index contributed by atoms with van der Waals surface area (Å²) in [5, 5.41) is 85.9. The fourth-order valence-electron chi connectivity index (χ4n) is 4.50. The minimum absolute atomic E-state index is 0. The van der Waals surface area contributed by atoms with Gasteiger partial charge in [-0.25, -0.2) is 0 Å². The summed E-state index contributed by atoms with van der Waals surface area (Å²) in [7, 11) is 0. The molecule has 0 saturated carbocycles. The van der Waals surface area contributed by atoms with Gasteiger partial charge in [0.05, 0.1) is 52.6 Å². The molecule has 0 aliphatic rings. The van der Waals surface area contributed by atoms with Crippen LogP contribution in [0.3, 0.4) is 0 Å². The summed E-state index contributed by atoms with van der Waals surface area (Å²) in [5.74, 6) is 0.600. The van der Waals surface area contributed by atoms with E-state index in [-0.39, 0.29) is 85.2 Å². The second-order valence-corrected chi connectivity index (χ2v) is 10.6. The molecule has 0 aromatic heterocycles. The van der Waals surface area contributed by atoms with Crippen molar-refractivity contribution in [3.8, 4) is 46.0 Å². The molecular weight excluding hydrogens is 1020 g/mol. The summed E-state index contributed by atoms with van der Waals surface area (Å²) < 4.78 is 21.1. The number of hydrogen-bond acceptors (Lipinski definition) is 18. The first-order chi connectivity index (χ1) is 31.3. The number of nitrogens with zero attached hydrogens (tertiary/aromatic N) is 10. The smallest absolute Gasteiger partial charge is 0.870 e. The van der Waals surface area contributed by atoms with Crippen LogP contribution in [0.1, 0.15) is 49.9 Å². The maximum atomic E-state index is 12.1. The Kier molecular flexibility index (Phi) is 69.0. The van der Waals surface area contributed by atoms with Gasteiger partial charge >= 0.3 is 34.1 Å². The fourth-order valence-corrected chi connectivity index (χ4v) is 4.50. The van der Waals surface area contributed by atoms with Gasteiger partial charge in [-0.3, -0.25) is 20.0 Å². The van der Waals surface area contributed by atoms with Crippen molar-refractivity contribution < 1.29 is 102 Å². The number of ether oxygens (including phenoxy) is 4. The first-order valence-corrected chi connectivity index (χ1v) is 18.4. The molecule has 0 aliphatic heterocycles. The van der Waals surface area contributed by atoms with E-state index in [9.17, 15) is 20.4 Å². The van der Waals surface area contributed by atoms with Crippen LogP contribution in [0.25, 0.3) is 0 Å². The maximum Gasteiger partial charge on any atom is 3.00 e. The zero-order chi connectivity index (χ0) is 49.6. The van der Waals surface area contributed by atoms with Crippen molar-refractivity contribution in [3.05, 3.63) is 134 Å². The van der Waals surface area contributed by atoms with Gasteiger partial charge in [-0.05, 0) is 74.2 Å². The summed E-state index contributed by atoms with van der Waals surface area (Å²) in [5.41, 5.74) is 1.91. The average Bonchev–Trinajstić information content (AvgIpc) is 3.35. The van der Waals surface area contributed by atoms with E-state index in [2.05, 4.69) is 20.0 Å². The predicted molar refractivity (Wildman–Crippen MR) is 235 cm³/mol. The summed E-state index contributed by atoms with van der Waals surface area (Å²) in [4.78, 5) is 16.8. The minimum Gasteiger partial charge on any atom is -0.870 e. The van der Waals surface area contributed by atoms with Crippen molar-refractivity contribution in [2.75, 3.05) is 52.6 Å². The van der Waals surface area contributed by atoms with E-state index in [1.807, 2.05) is 27.7 Å². The van der Waals surface area contributed by atoms with Gasteiger partial charge in [-0.2, -0.15) is 0 Å². The fraction of sp³-hybridized carbons (Fsp3) is 0.261. The van der Waals surface area contributed by atoms with Crippen molar-refractivity contribution in [2.45, 2.75) is 27.7 Å². The summed E-state index contributed by atoms with van der Waals surface area (Å²) in [6.45, 7) is 39.2. The Morgan fingerprint density at radius 3 is 0.696 bits per heavy atom. The zero-order valence-electron chi connectivity index (χ0n) is 37.7. The van der Waals surface area contributed by atoms with Crippen LogP contribution in [0, 0.1) is 71.0 Å². The van der Waals surface area contributed by atoms with E-state index in [0.717, 1.165) is 0 Å². The molecule has 0 spiro atoms. The van der Waals surface area contributed by atoms with E-state index in [0.29, 0.717) is 97.9 Å². The third kappa shape index (κ3) is 33.5. The summed E-state index contributed by atoms with van der Waals surface area (Å²) in [6, 6.07) is 20.4. The number of rotatable bonds is 18. The predicted octanol–water partition coefficient (Wildman–Crippen LogP) is 3.26. The first-order valence-electron chi connectivity index (χ1n) is 18.4. The van der Waals surface area contributed by atoms with Gasteiger partial charge in [0.1, 0.15) is 23.0 Å². The molecule has 0 amide bonds. The number of hydrogen-bond donors (Lipinski definition) is 0. The second-order valence-electron chi connectivity index (χ2n) is 10.6. The topological polar surface area (TPSA) is 384 Å². The second kappa shape index (κ2) is 58.4. The Hall–Kier alpha value is -7.62. The first kappa shape index (κ1) is 81.6. The van der Waals surface area contributed by atoms with Gasteiger partial charge < -0.3 is 121 Å². The van der Waals surface area contributed by atoms with Crippen molar-refractivity contribution in [3.63, 3.8) is 0 Å². The van der Waals surface area contributed by atoms with Crippen molar-refractivity contribution in [1.82, 2.24) is 0 Å². The number of benzene rings is 4. The van der Waals surface area contributed by atoms with Crippen LogP contribution in [-0.2, 0) is 51.2 Å². The molecule has 0 fully saturated rings. The van der Waals surface area contributed by atoms with Gasteiger partial charge in [-0.1, -0.05) is 71.5 Å². The van der Waals surface area contributed by atoms with Crippen LogP contribution in [0.5, 0.6) is 46.0 Å². The Labute approximate surface area is 436 Å².